The molecule has 0 saturated carbocycles. The molecular weight excluding hydrogens is 328 g/mol. The average Bonchev–Trinajstić information content (AvgIpc) is 2.66. The van der Waals surface area contributed by atoms with E-state index in [4.69, 9.17) is 13.3 Å². The average molecular weight is 369 g/mol. The molecule has 0 radical (unpaired) electrons. The van der Waals surface area contributed by atoms with Gasteiger partial charge in [0.15, 0.2) is 0 Å². The normalized spacial score (nSPS) is 14.8. The Kier molecular flexibility index (Phi) is 13.3. The maximum Gasteiger partial charge on any atom is 0.533 e. The van der Waals surface area contributed by atoms with Crippen LogP contribution in [0.1, 0.15) is 91.4 Å². The highest BCUT2D eigenvalue weighted by molar-refractivity contribution is 6.68. The standard InChI is InChI=1S/C21H40O3Si/c1-4-7-13-18-22-25(23-19-14-8-5-2,24-20-15-9-6-3)21-16-11-10-12-17-21/h10-11,16H,4-9,12-15,17-20H2,1-3H3. The van der Waals surface area contributed by atoms with Gasteiger partial charge in [-0.15, -0.1) is 0 Å². The van der Waals surface area contributed by atoms with E-state index in [-0.39, 0.29) is 0 Å². The van der Waals surface area contributed by atoms with Crippen LogP contribution in [-0.4, -0.2) is 28.6 Å². The van der Waals surface area contributed by atoms with Crippen molar-refractivity contribution < 1.29 is 13.3 Å². The quantitative estimate of drug-likeness (QED) is 0.234. The van der Waals surface area contributed by atoms with E-state index in [1.807, 2.05) is 0 Å². The number of unbranched alkanes of at least 4 members (excludes halogenated alkanes) is 6. The van der Waals surface area contributed by atoms with Gasteiger partial charge in [-0.05, 0) is 32.1 Å². The van der Waals surface area contributed by atoms with E-state index in [9.17, 15) is 0 Å². The Balaban J connectivity index is 2.77. The lowest BCUT2D eigenvalue weighted by atomic mass is 10.2. The van der Waals surface area contributed by atoms with Gasteiger partial charge in [-0.3, -0.25) is 0 Å². The molecule has 0 fully saturated rings. The molecule has 1 rings (SSSR count). The minimum absolute atomic E-state index is 0.753. The summed E-state index contributed by atoms with van der Waals surface area (Å²) in [6.07, 6.45) is 19.1. The molecule has 0 atom stereocenters. The van der Waals surface area contributed by atoms with Gasteiger partial charge < -0.3 is 13.3 Å². The summed E-state index contributed by atoms with van der Waals surface area (Å²) in [5.74, 6) is 0. The van der Waals surface area contributed by atoms with Crippen LogP contribution in [0.25, 0.3) is 0 Å². The first-order valence-electron chi connectivity index (χ1n) is 10.6. The van der Waals surface area contributed by atoms with Crippen molar-refractivity contribution in [1.29, 1.82) is 0 Å². The molecule has 0 saturated heterocycles. The molecule has 0 aromatic carbocycles. The van der Waals surface area contributed by atoms with Crippen molar-refractivity contribution in [2.24, 2.45) is 0 Å². The van der Waals surface area contributed by atoms with Crippen LogP contribution >= 0.6 is 0 Å². The number of allylic oxidation sites excluding steroid dienone is 4. The molecule has 0 heterocycles. The van der Waals surface area contributed by atoms with Crippen molar-refractivity contribution in [2.45, 2.75) is 91.4 Å². The van der Waals surface area contributed by atoms with Crippen molar-refractivity contribution in [3.05, 3.63) is 23.4 Å². The Morgan fingerprint density at radius 3 is 1.60 bits per heavy atom. The van der Waals surface area contributed by atoms with Gasteiger partial charge in [-0.1, -0.05) is 77.5 Å². The van der Waals surface area contributed by atoms with Gasteiger partial charge >= 0.3 is 8.80 Å². The van der Waals surface area contributed by atoms with Crippen LogP contribution in [0.2, 0.25) is 0 Å². The molecule has 0 bridgehead atoms. The highest BCUT2D eigenvalue weighted by Gasteiger charge is 2.45. The molecule has 1 aliphatic rings. The zero-order valence-corrected chi connectivity index (χ0v) is 17.9. The van der Waals surface area contributed by atoms with Gasteiger partial charge in [0.2, 0.25) is 0 Å². The van der Waals surface area contributed by atoms with Crippen molar-refractivity contribution in [2.75, 3.05) is 19.8 Å². The largest absolute Gasteiger partial charge is 0.533 e. The fourth-order valence-electron chi connectivity index (χ4n) is 2.94. The lowest BCUT2D eigenvalue weighted by Crippen LogP contribution is -2.49. The van der Waals surface area contributed by atoms with Gasteiger partial charge in [0, 0.05) is 25.0 Å². The Bertz CT molecular complexity index is 348. The smallest absolute Gasteiger partial charge is 0.370 e. The van der Waals surface area contributed by atoms with Crippen LogP contribution < -0.4 is 0 Å². The molecule has 4 heteroatoms. The van der Waals surface area contributed by atoms with Crippen molar-refractivity contribution in [3.63, 3.8) is 0 Å². The first-order valence-corrected chi connectivity index (χ1v) is 12.3. The highest BCUT2D eigenvalue weighted by Crippen LogP contribution is 2.28. The zero-order valence-electron chi connectivity index (χ0n) is 16.9. The molecule has 146 valence electrons. The second-order valence-electron chi connectivity index (χ2n) is 6.88. The summed E-state index contributed by atoms with van der Waals surface area (Å²) in [7, 11) is -2.73. The molecular formula is C21H40O3Si. The predicted octanol–water partition coefficient (Wildman–Crippen LogP) is 6.36. The first-order chi connectivity index (χ1) is 12.3. The monoisotopic (exact) mass is 368 g/mol. The van der Waals surface area contributed by atoms with E-state index in [1.54, 1.807) is 0 Å². The number of rotatable bonds is 16. The van der Waals surface area contributed by atoms with E-state index in [1.165, 1.54) is 43.7 Å². The van der Waals surface area contributed by atoms with Gasteiger partial charge in [-0.2, -0.15) is 0 Å². The number of hydrogen-bond donors (Lipinski definition) is 0. The molecule has 0 unspecified atom stereocenters. The lowest BCUT2D eigenvalue weighted by Gasteiger charge is -2.32. The second kappa shape index (κ2) is 14.7. The van der Waals surface area contributed by atoms with E-state index >= 15 is 0 Å². The highest BCUT2D eigenvalue weighted by atomic mass is 28.4. The van der Waals surface area contributed by atoms with E-state index in [0.717, 1.165) is 51.9 Å². The van der Waals surface area contributed by atoms with E-state index in [2.05, 4.69) is 39.0 Å². The molecule has 0 aromatic rings. The lowest BCUT2D eigenvalue weighted by molar-refractivity contribution is 0.0634. The summed E-state index contributed by atoms with van der Waals surface area (Å²) < 4.78 is 19.3. The molecule has 0 aliphatic heterocycles. The number of hydrogen-bond acceptors (Lipinski definition) is 3. The van der Waals surface area contributed by atoms with Gasteiger partial charge in [-0.25, -0.2) is 0 Å². The summed E-state index contributed by atoms with van der Waals surface area (Å²) in [5.41, 5.74) is 0. The van der Waals surface area contributed by atoms with Crippen LogP contribution in [0.15, 0.2) is 23.4 Å². The molecule has 0 spiro atoms. The Morgan fingerprint density at radius 1 is 0.760 bits per heavy atom. The zero-order chi connectivity index (χ0) is 18.2. The summed E-state index contributed by atoms with van der Waals surface area (Å²) >= 11 is 0. The summed E-state index contributed by atoms with van der Waals surface area (Å²) in [6, 6.07) is 0. The van der Waals surface area contributed by atoms with Crippen molar-refractivity contribution in [3.8, 4) is 0 Å². The third-order valence-corrected chi connectivity index (χ3v) is 7.48. The van der Waals surface area contributed by atoms with Gasteiger partial charge in [0.05, 0.1) is 0 Å². The van der Waals surface area contributed by atoms with Crippen molar-refractivity contribution >= 4 is 8.80 Å². The summed E-state index contributed by atoms with van der Waals surface area (Å²) in [6.45, 7) is 8.93. The van der Waals surface area contributed by atoms with E-state index < -0.39 is 8.80 Å². The third kappa shape index (κ3) is 9.18. The molecule has 0 aromatic heterocycles. The Morgan fingerprint density at radius 2 is 1.24 bits per heavy atom. The van der Waals surface area contributed by atoms with Crippen LogP contribution in [0.3, 0.4) is 0 Å². The van der Waals surface area contributed by atoms with Crippen LogP contribution in [0.5, 0.6) is 0 Å². The van der Waals surface area contributed by atoms with Gasteiger partial charge in [0.1, 0.15) is 0 Å². The molecule has 0 N–H and O–H groups in total. The Labute approximate surface area is 157 Å². The minimum Gasteiger partial charge on any atom is -0.370 e. The molecule has 25 heavy (non-hydrogen) atoms. The molecule has 0 amide bonds. The predicted molar refractivity (Wildman–Crippen MR) is 109 cm³/mol. The summed E-state index contributed by atoms with van der Waals surface area (Å²) in [4.78, 5) is 0. The van der Waals surface area contributed by atoms with Crippen LogP contribution in [0.4, 0.5) is 0 Å². The van der Waals surface area contributed by atoms with Gasteiger partial charge in [0.25, 0.3) is 0 Å². The summed E-state index contributed by atoms with van der Waals surface area (Å²) in [5, 5.41) is 1.28. The second-order valence-corrected chi connectivity index (χ2v) is 9.50. The fraction of sp³-hybridized carbons (Fsp3) is 0.810. The third-order valence-electron chi connectivity index (χ3n) is 4.53. The van der Waals surface area contributed by atoms with Crippen LogP contribution in [0, 0.1) is 0 Å². The first kappa shape index (κ1) is 22.6. The molecule has 3 nitrogen and oxygen atoms in total. The van der Waals surface area contributed by atoms with E-state index in [0.29, 0.717) is 0 Å². The topological polar surface area (TPSA) is 27.7 Å². The fourth-order valence-corrected chi connectivity index (χ4v) is 5.73. The van der Waals surface area contributed by atoms with Crippen LogP contribution in [-0.2, 0) is 13.3 Å². The minimum atomic E-state index is -2.73. The SMILES string of the molecule is CCCCCO[Si](OCCCCC)(OCCCCC)C1=CC=CCC1. The van der Waals surface area contributed by atoms with Crippen molar-refractivity contribution in [1.82, 2.24) is 0 Å². The Hall–Kier alpha value is -0.423. The maximum absolute atomic E-state index is 6.42. The maximum atomic E-state index is 6.42. The molecule has 1 aliphatic carbocycles.